The van der Waals surface area contributed by atoms with E-state index in [2.05, 4.69) is 5.32 Å². The Labute approximate surface area is 122 Å². The van der Waals surface area contributed by atoms with Gasteiger partial charge in [-0.2, -0.15) is 24.5 Å². The second kappa shape index (κ2) is 5.85. The molecule has 1 N–H and O–H groups in total. The van der Waals surface area contributed by atoms with Crippen molar-refractivity contribution < 1.29 is 22.4 Å². The molecule has 0 aliphatic heterocycles. The first-order valence-corrected chi connectivity index (χ1v) is 6.90. The van der Waals surface area contributed by atoms with Gasteiger partial charge in [-0.05, 0) is 47.0 Å². The number of aryl methyl sites for hydroxylation is 1. The number of hydrogen-bond donors (Lipinski definition) is 1. The summed E-state index contributed by atoms with van der Waals surface area (Å²) in [5.41, 5.74) is 0.143. The summed E-state index contributed by atoms with van der Waals surface area (Å²) in [6.45, 7) is 1.99. The van der Waals surface area contributed by atoms with Crippen LogP contribution >= 0.6 is 11.3 Å². The van der Waals surface area contributed by atoms with Gasteiger partial charge in [-0.25, -0.2) is 4.39 Å². The van der Waals surface area contributed by atoms with Gasteiger partial charge < -0.3 is 5.32 Å². The highest BCUT2D eigenvalue weighted by molar-refractivity contribution is 7.08. The smallest absolute Gasteiger partial charge is 0.348 e. The molecule has 0 fully saturated rings. The van der Waals surface area contributed by atoms with Crippen LogP contribution in [0.15, 0.2) is 29.0 Å². The van der Waals surface area contributed by atoms with Crippen LogP contribution < -0.4 is 5.32 Å². The van der Waals surface area contributed by atoms with Crippen molar-refractivity contribution in [3.8, 4) is 0 Å². The van der Waals surface area contributed by atoms with Crippen molar-refractivity contribution in [1.29, 1.82) is 0 Å². The number of hydrogen-bond acceptors (Lipinski definition) is 2. The second-order valence-corrected chi connectivity index (χ2v) is 5.20. The third kappa shape index (κ3) is 3.60. The molecule has 2 aromatic rings. The number of thiophene rings is 1. The number of benzene rings is 1. The van der Waals surface area contributed by atoms with E-state index in [9.17, 15) is 22.4 Å². The molecule has 1 amide bonds. The molecular formula is C14H11F4NOS. The van der Waals surface area contributed by atoms with E-state index < -0.39 is 29.0 Å². The predicted octanol–water partition coefficient (Wildman–Crippen LogP) is 4.14. The summed E-state index contributed by atoms with van der Waals surface area (Å²) in [4.78, 5) is 11.8. The summed E-state index contributed by atoms with van der Waals surface area (Å²) in [6.07, 6.45) is -4.62. The lowest BCUT2D eigenvalue weighted by molar-refractivity contribution is -0.137. The minimum Gasteiger partial charge on any atom is -0.348 e. The van der Waals surface area contributed by atoms with E-state index in [1.807, 2.05) is 17.7 Å². The van der Waals surface area contributed by atoms with E-state index in [1.165, 1.54) is 11.3 Å². The zero-order chi connectivity index (χ0) is 15.6. The van der Waals surface area contributed by atoms with E-state index in [0.717, 1.165) is 11.1 Å². The van der Waals surface area contributed by atoms with Gasteiger partial charge in [0, 0.05) is 6.54 Å². The zero-order valence-corrected chi connectivity index (χ0v) is 11.7. The summed E-state index contributed by atoms with van der Waals surface area (Å²) in [5, 5.41) is 6.12. The van der Waals surface area contributed by atoms with Gasteiger partial charge in [-0.15, -0.1) is 0 Å². The SMILES string of the molecule is Cc1cscc1CNC(=O)c1cc(C(F)(F)F)ccc1F. The van der Waals surface area contributed by atoms with Gasteiger partial charge >= 0.3 is 6.18 Å². The fourth-order valence-electron chi connectivity index (χ4n) is 1.71. The topological polar surface area (TPSA) is 29.1 Å². The lowest BCUT2D eigenvalue weighted by Gasteiger charge is -2.10. The van der Waals surface area contributed by atoms with Gasteiger partial charge in [0.2, 0.25) is 0 Å². The Kier molecular flexibility index (Phi) is 4.32. The lowest BCUT2D eigenvalue weighted by atomic mass is 10.1. The molecule has 1 aromatic heterocycles. The van der Waals surface area contributed by atoms with Crippen molar-refractivity contribution in [2.75, 3.05) is 0 Å². The molecule has 1 aromatic carbocycles. The van der Waals surface area contributed by atoms with Crippen LogP contribution in [-0.4, -0.2) is 5.91 Å². The fraction of sp³-hybridized carbons (Fsp3) is 0.214. The zero-order valence-electron chi connectivity index (χ0n) is 10.9. The average molecular weight is 317 g/mol. The first kappa shape index (κ1) is 15.5. The molecule has 1 heterocycles. The normalized spacial score (nSPS) is 11.5. The summed E-state index contributed by atoms with van der Waals surface area (Å²) in [7, 11) is 0. The third-order valence-electron chi connectivity index (χ3n) is 2.94. The average Bonchev–Trinajstić information content (AvgIpc) is 2.80. The molecule has 0 atom stereocenters. The third-order valence-corrected chi connectivity index (χ3v) is 3.85. The van der Waals surface area contributed by atoms with E-state index >= 15 is 0 Å². The Morgan fingerprint density at radius 2 is 2.00 bits per heavy atom. The number of nitrogens with one attached hydrogen (secondary N) is 1. The standard InChI is InChI=1S/C14H11F4NOS/c1-8-6-21-7-9(8)5-19-13(20)11-4-10(14(16,17)18)2-3-12(11)15/h2-4,6-7H,5H2,1H3,(H,19,20). The van der Waals surface area contributed by atoms with Crippen LogP contribution in [0, 0.1) is 12.7 Å². The summed E-state index contributed by atoms with van der Waals surface area (Å²) < 4.78 is 51.2. The van der Waals surface area contributed by atoms with Crippen molar-refractivity contribution in [2.24, 2.45) is 0 Å². The molecule has 0 radical (unpaired) electrons. The van der Waals surface area contributed by atoms with Crippen LogP contribution in [0.4, 0.5) is 17.6 Å². The molecule has 0 aliphatic carbocycles. The molecule has 2 rings (SSSR count). The molecule has 21 heavy (non-hydrogen) atoms. The molecule has 0 spiro atoms. The maximum atomic E-state index is 13.5. The lowest BCUT2D eigenvalue weighted by Crippen LogP contribution is -2.24. The number of alkyl halides is 3. The quantitative estimate of drug-likeness (QED) is 0.847. The van der Waals surface area contributed by atoms with Crippen molar-refractivity contribution >= 4 is 17.2 Å². The van der Waals surface area contributed by atoms with Gasteiger partial charge in [0.15, 0.2) is 0 Å². The minimum absolute atomic E-state index is 0.143. The highest BCUT2D eigenvalue weighted by Crippen LogP contribution is 2.30. The van der Waals surface area contributed by atoms with Crippen LogP contribution in [0.3, 0.4) is 0 Å². The van der Waals surface area contributed by atoms with Crippen molar-refractivity contribution in [3.63, 3.8) is 0 Å². The maximum Gasteiger partial charge on any atom is 0.416 e. The van der Waals surface area contributed by atoms with Gasteiger partial charge in [0.1, 0.15) is 5.82 Å². The van der Waals surface area contributed by atoms with E-state index in [0.29, 0.717) is 18.2 Å². The Bertz CT molecular complexity index is 663. The highest BCUT2D eigenvalue weighted by Gasteiger charge is 2.31. The van der Waals surface area contributed by atoms with Gasteiger partial charge in [0.25, 0.3) is 5.91 Å². The van der Waals surface area contributed by atoms with Crippen molar-refractivity contribution in [3.05, 3.63) is 57.0 Å². The number of carbonyl (C=O) groups is 1. The summed E-state index contributed by atoms with van der Waals surface area (Å²) in [5.74, 6) is -1.85. The molecular weight excluding hydrogens is 306 g/mol. The van der Waals surface area contributed by atoms with E-state index in [-0.39, 0.29) is 6.54 Å². The van der Waals surface area contributed by atoms with Gasteiger partial charge in [0.05, 0.1) is 11.1 Å². The van der Waals surface area contributed by atoms with Gasteiger partial charge in [-0.1, -0.05) is 0 Å². The highest BCUT2D eigenvalue weighted by atomic mass is 32.1. The first-order valence-electron chi connectivity index (χ1n) is 5.95. The molecule has 2 nitrogen and oxygen atoms in total. The molecule has 0 saturated heterocycles. The molecule has 112 valence electrons. The largest absolute Gasteiger partial charge is 0.416 e. The number of rotatable bonds is 3. The Morgan fingerprint density at radius 3 is 2.57 bits per heavy atom. The monoisotopic (exact) mass is 317 g/mol. The minimum atomic E-state index is -4.62. The van der Waals surface area contributed by atoms with Gasteiger partial charge in [-0.3, -0.25) is 4.79 Å². The Morgan fingerprint density at radius 1 is 1.29 bits per heavy atom. The predicted molar refractivity (Wildman–Crippen MR) is 71.6 cm³/mol. The fourth-order valence-corrected chi connectivity index (χ4v) is 2.57. The Hall–Kier alpha value is -1.89. The summed E-state index contributed by atoms with van der Waals surface area (Å²) in [6, 6.07) is 1.77. The van der Waals surface area contributed by atoms with Crippen LogP contribution in [0.5, 0.6) is 0 Å². The number of amides is 1. The van der Waals surface area contributed by atoms with E-state index in [1.54, 1.807) is 0 Å². The number of carbonyl (C=O) groups excluding carboxylic acids is 1. The Balaban J connectivity index is 2.17. The second-order valence-electron chi connectivity index (χ2n) is 4.46. The maximum absolute atomic E-state index is 13.5. The van der Waals surface area contributed by atoms with Crippen LogP contribution in [-0.2, 0) is 12.7 Å². The number of halogens is 4. The first-order chi connectivity index (χ1) is 9.79. The van der Waals surface area contributed by atoms with Crippen LogP contribution in [0.25, 0.3) is 0 Å². The van der Waals surface area contributed by atoms with Crippen molar-refractivity contribution in [2.45, 2.75) is 19.6 Å². The molecule has 0 bridgehead atoms. The van der Waals surface area contributed by atoms with Crippen molar-refractivity contribution in [1.82, 2.24) is 5.32 Å². The van der Waals surface area contributed by atoms with E-state index in [4.69, 9.17) is 0 Å². The molecule has 0 unspecified atom stereocenters. The molecule has 7 heteroatoms. The molecule has 0 aliphatic rings. The van der Waals surface area contributed by atoms with Crippen LogP contribution in [0.2, 0.25) is 0 Å². The van der Waals surface area contributed by atoms with Crippen LogP contribution in [0.1, 0.15) is 27.0 Å². The summed E-state index contributed by atoms with van der Waals surface area (Å²) >= 11 is 1.45. The molecule has 0 saturated carbocycles.